The smallest absolute Gasteiger partial charge is 0.337 e. The summed E-state index contributed by atoms with van der Waals surface area (Å²) in [4.78, 5) is 12.4. The first-order valence-corrected chi connectivity index (χ1v) is 9.66. The summed E-state index contributed by atoms with van der Waals surface area (Å²) < 4.78 is 39.7. The average molecular weight is 510 g/mol. The fourth-order valence-electron chi connectivity index (χ4n) is 2.82. The summed E-state index contributed by atoms with van der Waals surface area (Å²) in [6.07, 6.45) is 3.45. The molecule has 4 aromatic heterocycles. The van der Waals surface area contributed by atoms with Crippen LogP contribution < -0.4 is 5.32 Å². The van der Waals surface area contributed by atoms with Crippen LogP contribution in [0.15, 0.2) is 55.0 Å². The highest BCUT2D eigenvalue weighted by Crippen LogP contribution is 2.35. The van der Waals surface area contributed by atoms with E-state index in [1.807, 2.05) is 0 Å². The zero-order valence-corrected chi connectivity index (χ0v) is 17.2. The Labute approximate surface area is 177 Å². The van der Waals surface area contributed by atoms with Gasteiger partial charge >= 0.3 is 3.93 Å². The Hall–Kier alpha value is -2.76. The summed E-state index contributed by atoms with van der Waals surface area (Å²) in [6, 6.07) is 9.48. The van der Waals surface area contributed by atoms with Gasteiger partial charge in [-0.25, -0.2) is 18.9 Å². The van der Waals surface area contributed by atoms with Crippen molar-refractivity contribution in [3.05, 3.63) is 66.2 Å². The van der Waals surface area contributed by atoms with Gasteiger partial charge in [0.05, 0.1) is 0 Å². The van der Waals surface area contributed by atoms with Gasteiger partial charge in [0.25, 0.3) is 0 Å². The number of pyridine rings is 2. The summed E-state index contributed by atoms with van der Waals surface area (Å²) in [5.74, 6) is 0.545. The van der Waals surface area contributed by atoms with E-state index in [1.54, 1.807) is 41.2 Å². The Morgan fingerprint density at radius 2 is 1.97 bits per heavy atom. The average Bonchev–Trinajstić information content (AvgIpc) is 3.17. The highest BCUT2D eigenvalue weighted by atomic mass is 127. The van der Waals surface area contributed by atoms with Crippen LogP contribution in [0.5, 0.6) is 0 Å². The van der Waals surface area contributed by atoms with E-state index in [4.69, 9.17) is 0 Å². The SMILES string of the molecule is CC(F)c1cnccc1Nc1nc(-c2cccc(C(F)(F)I)n2)nn2cccc12. The third-order valence-electron chi connectivity index (χ3n) is 4.19. The Kier molecular flexibility index (Phi) is 5.11. The second-order valence-corrected chi connectivity index (χ2v) is 7.59. The minimum absolute atomic E-state index is 0.155. The van der Waals surface area contributed by atoms with E-state index in [-0.39, 0.29) is 17.2 Å². The second-order valence-electron chi connectivity index (χ2n) is 6.23. The summed E-state index contributed by atoms with van der Waals surface area (Å²) in [6.45, 7) is 1.42. The number of alkyl halides is 4. The van der Waals surface area contributed by atoms with Crippen molar-refractivity contribution < 1.29 is 13.2 Å². The zero-order valence-electron chi connectivity index (χ0n) is 15.0. The van der Waals surface area contributed by atoms with Crippen molar-refractivity contribution >= 4 is 39.6 Å². The van der Waals surface area contributed by atoms with Crippen LogP contribution in [-0.2, 0) is 3.93 Å². The molecule has 0 saturated carbocycles. The van der Waals surface area contributed by atoms with E-state index in [9.17, 15) is 13.2 Å². The number of aromatic nitrogens is 5. The summed E-state index contributed by atoms with van der Waals surface area (Å²) in [5.41, 5.74) is 1.33. The molecule has 0 aliphatic rings. The Morgan fingerprint density at radius 1 is 1.14 bits per heavy atom. The van der Waals surface area contributed by atoms with Crippen LogP contribution in [0.1, 0.15) is 24.4 Å². The molecule has 148 valence electrons. The number of hydrogen-bond acceptors (Lipinski definition) is 5. The molecule has 29 heavy (non-hydrogen) atoms. The molecule has 6 nitrogen and oxygen atoms in total. The van der Waals surface area contributed by atoms with Crippen LogP contribution in [-0.4, -0.2) is 24.6 Å². The first-order valence-electron chi connectivity index (χ1n) is 8.58. The Bertz CT molecular complexity index is 1170. The van der Waals surface area contributed by atoms with Crippen LogP contribution in [0.4, 0.5) is 24.7 Å². The molecular weight excluding hydrogens is 496 g/mol. The van der Waals surface area contributed by atoms with Crippen LogP contribution in [0.25, 0.3) is 17.0 Å². The number of hydrogen-bond donors (Lipinski definition) is 1. The molecule has 1 N–H and O–H groups in total. The van der Waals surface area contributed by atoms with Crippen molar-refractivity contribution in [2.45, 2.75) is 17.0 Å². The Morgan fingerprint density at radius 3 is 2.72 bits per heavy atom. The predicted molar refractivity (Wildman–Crippen MR) is 111 cm³/mol. The highest BCUT2D eigenvalue weighted by molar-refractivity contribution is 14.1. The lowest BCUT2D eigenvalue weighted by atomic mass is 10.1. The van der Waals surface area contributed by atoms with Gasteiger partial charge in [-0.05, 0) is 37.3 Å². The number of nitrogens with one attached hydrogen (secondary N) is 1. The van der Waals surface area contributed by atoms with Gasteiger partial charge in [0, 0.05) is 52.4 Å². The van der Waals surface area contributed by atoms with Crippen LogP contribution in [0.2, 0.25) is 0 Å². The van der Waals surface area contributed by atoms with Gasteiger partial charge in [0.15, 0.2) is 5.82 Å². The van der Waals surface area contributed by atoms with Crippen molar-refractivity contribution in [1.82, 2.24) is 24.6 Å². The van der Waals surface area contributed by atoms with Crippen LogP contribution in [0, 0.1) is 0 Å². The first kappa shape index (κ1) is 19.6. The zero-order chi connectivity index (χ0) is 20.6. The molecule has 4 aromatic rings. The van der Waals surface area contributed by atoms with E-state index in [2.05, 4.69) is 25.4 Å². The highest BCUT2D eigenvalue weighted by Gasteiger charge is 2.29. The molecule has 1 atom stereocenters. The number of halogens is 4. The first-order chi connectivity index (χ1) is 13.8. The number of rotatable bonds is 5. The van der Waals surface area contributed by atoms with Gasteiger partial charge in [-0.1, -0.05) is 6.07 Å². The molecule has 0 aliphatic heterocycles. The monoisotopic (exact) mass is 510 g/mol. The number of anilines is 2. The van der Waals surface area contributed by atoms with Gasteiger partial charge < -0.3 is 5.32 Å². The van der Waals surface area contributed by atoms with Crippen molar-refractivity contribution in [3.63, 3.8) is 0 Å². The van der Waals surface area contributed by atoms with Crippen molar-refractivity contribution in [3.8, 4) is 11.5 Å². The lowest BCUT2D eigenvalue weighted by Crippen LogP contribution is -2.08. The molecule has 0 saturated heterocycles. The number of nitrogens with zero attached hydrogens (tertiary/aromatic N) is 5. The maximum Gasteiger partial charge on any atom is 0.337 e. The molecular formula is C19H14F3IN6. The summed E-state index contributed by atoms with van der Waals surface area (Å²) in [5, 5.41) is 7.47. The van der Waals surface area contributed by atoms with Crippen molar-refractivity contribution in [2.24, 2.45) is 0 Å². The standard InChI is InChI=1S/C19H14F3IN6/c1-11(20)12-10-24-8-7-13(12)26-18-15-5-3-9-29(15)28-17(27-18)14-4-2-6-16(25-14)19(21,22)23/h2-11H,1H3,(H,24,26,27,28). The van der Waals surface area contributed by atoms with Crippen LogP contribution in [0.3, 0.4) is 0 Å². The minimum Gasteiger partial charge on any atom is -0.338 e. The topological polar surface area (TPSA) is 68.0 Å². The third-order valence-corrected chi connectivity index (χ3v) is 4.75. The van der Waals surface area contributed by atoms with E-state index in [1.165, 1.54) is 25.3 Å². The quantitative estimate of drug-likeness (QED) is 0.286. The molecule has 0 aromatic carbocycles. The van der Waals surface area contributed by atoms with Gasteiger partial charge in [-0.3, -0.25) is 4.98 Å². The molecule has 0 aliphatic carbocycles. The molecule has 0 fully saturated rings. The fourth-order valence-corrected chi connectivity index (χ4v) is 3.12. The maximum absolute atomic E-state index is 14.0. The number of fused-ring (bicyclic) bond motifs is 1. The molecule has 0 bridgehead atoms. The molecule has 1 unspecified atom stereocenters. The molecule has 4 heterocycles. The van der Waals surface area contributed by atoms with Gasteiger partial charge in [0.2, 0.25) is 5.82 Å². The minimum atomic E-state index is -3.12. The van der Waals surface area contributed by atoms with Gasteiger partial charge in [-0.2, -0.15) is 8.78 Å². The van der Waals surface area contributed by atoms with Gasteiger partial charge in [-0.15, -0.1) is 5.10 Å². The lowest BCUT2D eigenvalue weighted by molar-refractivity contribution is 0.122. The van der Waals surface area contributed by atoms with E-state index in [0.29, 0.717) is 22.6 Å². The van der Waals surface area contributed by atoms with E-state index < -0.39 is 10.1 Å². The second kappa shape index (κ2) is 7.58. The molecule has 10 heteroatoms. The summed E-state index contributed by atoms with van der Waals surface area (Å²) >= 11 is 1.03. The van der Waals surface area contributed by atoms with Gasteiger partial charge in [0.1, 0.15) is 23.1 Å². The lowest BCUT2D eigenvalue weighted by Gasteiger charge is -2.14. The fraction of sp³-hybridized carbons (Fsp3) is 0.158. The van der Waals surface area contributed by atoms with Crippen LogP contribution >= 0.6 is 22.6 Å². The summed E-state index contributed by atoms with van der Waals surface area (Å²) in [7, 11) is 0. The Balaban J connectivity index is 1.82. The molecule has 0 amide bonds. The maximum atomic E-state index is 14.0. The van der Waals surface area contributed by atoms with Crippen molar-refractivity contribution in [1.29, 1.82) is 0 Å². The molecule has 0 radical (unpaired) electrons. The third kappa shape index (κ3) is 4.02. The predicted octanol–water partition coefficient (Wildman–Crippen LogP) is 5.44. The van der Waals surface area contributed by atoms with Crippen molar-refractivity contribution in [2.75, 3.05) is 5.32 Å². The molecule has 0 spiro atoms. The van der Waals surface area contributed by atoms with E-state index >= 15 is 0 Å². The normalized spacial score (nSPS) is 12.9. The largest absolute Gasteiger partial charge is 0.338 e. The molecule has 4 rings (SSSR count). The van der Waals surface area contributed by atoms with E-state index in [0.717, 1.165) is 22.6 Å².